The monoisotopic (exact) mass is 387 g/mol. The SMILES string of the molecule is COc1ccc(Nc2ccnc(C(=O)Nc3c(Cl)cccc3Cl)c2)cc1. The van der Waals surface area contributed by atoms with Gasteiger partial charge in [0.25, 0.3) is 5.91 Å². The number of hydrogen-bond donors (Lipinski definition) is 2. The van der Waals surface area contributed by atoms with Crippen LogP contribution in [0.15, 0.2) is 60.8 Å². The van der Waals surface area contributed by atoms with E-state index in [4.69, 9.17) is 27.9 Å². The van der Waals surface area contributed by atoms with E-state index >= 15 is 0 Å². The molecule has 5 nitrogen and oxygen atoms in total. The first-order valence-corrected chi connectivity index (χ1v) is 8.45. The Morgan fingerprint density at radius 1 is 1.00 bits per heavy atom. The summed E-state index contributed by atoms with van der Waals surface area (Å²) in [5.41, 5.74) is 2.17. The van der Waals surface area contributed by atoms with Crippen molar-refractivity contribution < 1.29 is 9.53 Å². The summed E-state index contributed by atoms with van der Waals surface area (Å²) in [5.74, 6) is 0.361. The first-order chi connectivity index (χ1) is 12.6. The fraction of sp³-hybridized carbons (Fsp3) is 0.0526. The number of nitrogens with one attached hydrogen (secondary N) is 2. The Morgan fingerprint density at radius 3 is 2.35 bits per heavy atom. The first-order valence-electron chi connectivity index (χ1n) is 7.69. The van der Waals surface area contributed by atoms with Gasteiger partial charge in [-0.2, -0.15) is 0 Å². The molecule has 3 aromatic rings. The van der Waals surface area contributed by atoms with Gasteiger partial charge < -0.3 is 15.4 Å². The Hall–Kier alpha value is -2.76. The fourth-order valence-corrected chi connectivity index (χ4v) is 2.76. The molecule has 0 atom stereocenters. The molecule has 0 bridgehead atoms. The van der Waals surface area contributed by atoms with Crippen LogP contribution in [0, 0.1) is 0 Å². The molecule has 0 fully saturated rings. The molecule has 0 spiro atoms. The number of benzene rings is 2. The number of aromatic nitrogens is 1. The predicted molar refractivity (Wildman–Crippen MR) is 105 cm³/mol. The summed E-state index contributed by atoms with van der Waals surface area (Å²) < 4.78 is 5.13. The average molecular weight is 388 g/mol. The maximum atomic E-state index is 12.5. The Kier molecular flexibility index (Phi) is 5.61. The van der Waals surface area contributed by atoms with E-state index in [1.165, 1.54) is 0 Å². The van der Waals surface area contributed by atoms with Gasteiger partial charge in [0, 0.05) is 17.6 Å². The van der Waals surface area contributed by atoms with Crippen LogP contribution < -0.4 is 15.4 Å². The minimum Gasteiger partial charge on any atom is -0.497 e. The maximum Gasteiger partial charge on any atom is 0.274 e. The smallest absolute Gasteiger partial charge is 0.274 e. The lowest BCUT2D eigenvalue weighted by Crippen LogP contribution is -2.14. The molecule has 7 heteroatoms. The fourth-order valence-electron chi connectivity index (χ4n) is 2.27. The molecule has 26 heavy (non-hydrogen) atoms. The summed E-state index contributed by atoms with van der Waals surface area (Å²) in [5, 5.41) is 6.62. The summed E-state index contributed by atoms with van der Waals surface area (Å²) in [7, 11) is 1.61. The number of hydrogen-bond acceptors (Lipinski definition) is 4. The number of para-hydroxylation sites is 1. The van der Waals surface area contributed by atoms with Crippen LogP contribution in [0.1, 0.15) is 10.5 Å². The minimum atomic E-state index is -0.404. The second-order valence-electron chi connectivity index (χ2n) is 5.33. The highest BCUT2D eigenvalue weighted by Crippen LogP contribution is 2.30. The third-order valence-electron chi connectivity index (χ3n) is 3.57. The van der Waals surface area contributed by atoms with Gasteiger partial charge in [0.1, 0.15) is 11.4 Å². The second kappa shape index (κ2) is 8.08. The number of pyridine rings is 1. The summed E-state index contributed by atoms with van der Waals surface area (Å²) in [6.07, 6.45) is 1.55. The zero-order valence-corrected chi connectivity index (χ0v) is 15.3. The van der Waals surface area contributed by atoms with E-state index in [-0.39, 0.29) is 5.69 Å². The van der Waals surface area contributed by atoms with Crippen molar-refractivity contribution in [3.63, 3.8) is 0 Å². The highest BCUT2D eigenvalue weighted by Gasteiger charge is 2.13. The van der Waals surface area contributed by atoms with Crippen molar-refractivity contribution in [1.82, 2.24) is 4.98 Å². The second-order valence-corrected chi connectivity index (χ2v) is 6.15. The number of carbonyl (C=O) groups is 1. The van der Waals surface area contributed by atoms with E-state index in [1.54, 1.807) is 43.6 Å². The molecule has 3 rings (SSSR count). The van der Waals surface area contributed by atoms with E-state index in [2.05, 4.69) is 15.6 Å². The van der Waals surface area contributed by atoms with Gasteiger partial charge in [-0.25, -0.2) is 0 Å². The Bertz CT molecular complexity index is 910. The molecule has 132 valence electrons. The molecule has 0 aliphatic rings. The highest BCUT2D eigenvalue weighted by atomic mass is 35.5. The molecule has 0 saturated carbocycles. The maximum absolute atomic E-state index is 12.5. The number of nitrogens with zero attached hydrogens (tertiary/aromatic N) is 1. The average Bonchev–Trinajstić information content (AvgIpc) is 2.65. The molecule has 0 aliphatic carbocycles. The lowest BCUT2D eigenvalue weighted by Gasteiger charge is -2.10. The molecule has 0 radical (unpaired) electrons. The number of amides is 1. The summed E-state index contributed by atoms with van der Waals surface area (Å²) in [6, 6.07) is 15.9. The van der Waals surface area contributed by atoms with Crippen LogP contribution >= 0.6 is 23.2 Å². The largest absolute Gasteiger partial charge is 0.497 e. The predicted octanol–water partition coefficient (Wildman–Crippen LogP) is 5.39. The van der Waals surface area contributed by atoms with Crippen molar-refractivity contribution in [2.75, 3.05) is 17.7 Å². The van der Waals surface area contributed by atoms with Gasteiger partial charge in [-0.05, 0) is 48.5 Å². The van der Waals surface area contributed by atoms with Crippen LogP contribution in [0.2, 0.25) is 10.0 Å². The standard InChI is InChI=1S/C19H15Cl2N3O2/c1-26-14-7-5-12(6-8-14)23-13-9-10-22-17(11-13)19(25)24-18-15(20)3-2-4-16(18)21/h2-11H,1H3,(H,22,23)(H,24,25). The summed E-state index contributed by atoms with van der Waals surface area (Å²) in [6.45, 7) is 0. The molecule has 1 amide bonds. The molecule has 0 unspecified atom stereocenters. The minimum absolute atomic E-state index is 0.236. The Morgan fingerprint density at radius 2 is 1.69 bits per heavy atom. The van der Waals surface area contributed by atoms with E-state index in [0.717, 1.165) is 17.1 Å². The van der Waals surface area contributed by atoms with Gasteiger partial charge in [0.15, 0.2) is 0 Å². The third kappa shape index (κ3) is 4.25. The number of ether oxygens (including phenoxy) is 1. The zero-order valence-electron chi connectivity index (χ0n) is 13.8. The molecule has 2 aromatic carbocycles. The molecule has 2 N–H and O–H groups in total. The topological polar surface area (TPSA) is 63.2 Å². The van der Waals surface area contributed by atoms with E-state index in [9.17, 15) is 4.79 Å². The van der Waals surface area contributed by atoms with Gasteiger partial charge in [-0.1, -0.05) is 29.3 Å². The van der Waals surface area contributed by atoms with Crippen molar-refractivity contribution in [2.24, 2.45) is 0 Å². The van der Waals surface area contributed by atoms with E-state index in [0.29, 0.717) is 15.7 Å². The first kappa shape index (κ1) is 18.0. The third-order valence-corrected chi connectivity index (χ3v) is 4.20. The van der Waals surface area contributed by atoms with Crippen LogP contribution in [-0.4, -0.2) is 18.0 Å². The van der Waals surface area contributed by atoms with Gasteiger partial charge in [0.05, 0.1) is 22.8 Å². The molecule has 1 aromatic heterocycles. The number of methoxy groups -OCH3 is 1. The zero-order chi connectivity index (χ0) is 18.5. The Labute approximate surface area is 160 Å². The number of anilines is 3. The van der Waals surface area contributed by atoms with E-state index in [1.807, 2.05) is 24.3 Å². The highest BCUT2D eigenvalue weighted by molar-refractivity contribution is 6.40. The number of halogens is 2. The van der Waals surface area contributed by atoms with E-state index < -0.39 is 5.91 Å². The van der Waals surface area contributed by atoms with Crippen LogP contribution in [0.4, 0.5) is 17.1 Å². The van der Waals surface area contributed by atoms with Gasteiger partial charge in [-0.3, -0.25) is 9.78 Å². The van der Waals surface area contributed by atoms with Crippen LogP contribution in [0.25, 0.3) is 0 Å². The van der Waals surface area contributed by atoms with Crippen molar-refractivity contribution in [2.45, 2.75) is 0 Å². The van der Waals surface area contributed by atoms with Crippen LogP contribution in [0.5, 0.6) is 5.75 Å². The number of carbonyl (C=O) groups excluding carboxylic acids is 1. The van der Waals surface area contributed by atoms with Gasteiger partial charge >= 0.3 is 0 Å². The molecular formula is C19H15Cl2N3O2. The van der Waals surface area contributed by atoms with Crippen LogP contribution in [-0.2, 0) is 0 Å². The summed E-state index contributed by atoms with van der Waals surface area (Å²) >= 11 is 12.2. The lowest BCUT2D eigenvalue weighted by molar-refractivity contribution is 0.102. The van der Waals surface area contributed by atoms with Crippen molar-refractivity contribution in [1.29, 1.82) is 0 Å². The molecular weight excluding hydrogens is 373 g/mol. The lowest BCUT2D eigenvalue weighted by atomic mass is 10.2. The molecule has 0 saturated heterocycles. The van der Waals surface area contributed by atoms with Gasteiger partial charge in [-0.15, -0.1) is 0 Å². The quantitative estimate of drug-likeness (QED) is 0.615. The van der Waals surface area contributed by atoms with Crippen molar-refractivity contribution in [3.8, 4) is 5.75 Å². The normalized spacial score (nSPS) is 10.3. The summed E-state index contributed by atoms with van der Waals surface area (Å²) in [4.78, 5) is 16.6. The number of rotatable bonds is 5. The van der Waals surface area contributed by atoms with Gasteiger partial charge in [0.2, 0.25) is 0 Å². The van der Waals surface area contributed by atoms with Crippen LogP contribution in [0.3, 0.4) is 0 Å². The molecule has 0 aliphatic heterocycles. The van der Waals surface area contributed by atoms with Crippen molar-refractivity contribution in [3.05, 3.63) is 76.5 Å². The van der Waals surface area contributed by atoms with Crippen molar-refractivity contribution >= 4 is 46.2 Å². The Balaban J connectivity index is 1.76. The molecule has 1 heterocycles.